The van der Waals surface area contributed by atoms with Gasteiger partial charge in [0.25, 0.3) is 0 Å². The number of carbonyl (C=O) groups is 3. The van der Waals surface area contributed by atoms with Gasteiger partial charge in [0.1, 0.15) is 34.5 Å². The molecule has 2 heterocycles. The molecule has 1 saturated heterocycles. The molecular formula is C36H28FNO6. The van der Waals surface area contributed by atoms with Gasteiger partial charge < -0.3 is 19.1 Å². The van der Waals surface area contributed by atoms with Gasteiger partial charge in [-0.2, -0.15) is 0 Å². The van der Waals surface area contributed by atoms with E-state index in [-0.39, 0.29) is 17.3 Å². The Morgan fingerprint density at radius 2 is 1.45 bits per heavy atom. The van der Waals surface area contributed by atoms with E-state index in [9.17, 15) is 18.8 Å². The largest absolute Gasteiger partial charge is 0.497 e. The third kappa shape index (κ3) is 3.70. The minimum atomic E-state index is -1.72. The molecule has 0 bridgehead atoms. The maximum absolute atomic E-state index is 14.8. The molecule has 0 N–H and O–H groups in total. The van der Waals surface area contributed by atoms with Gasteiger partial charge in [0.15, 0.2) is 17.3 Å². The molecule has 0 radical (unpaired) electrons. The van der Waals surface area contributed by atoms with Gasteiger partial charge in [-0.05, 0) is 48.5 Å². The molecule has 220 valence electrons. The van der Waals surface area contributed by atoms with Crippen molar-refractivity contribution in [1.29, 1.82) is 0 Å². The van der Waals surface area contributed by atoms with Crippen LogP contribution in [0.25, 0.3) is 6.08 Å². The molecule has 44 heavy (non-hydrogen) atoms. The number of fused-ring (bicyclic) bond motifs is 5. The Labute approximate surface area is 253 Å². The Bertz CT molecular complexity index is 1850. The van der Waals surface area contributed by atoms with Crippen molar-refractivity contribution in [2.24, 2.45) is 5.41 Å². The standard InChI is InChI=1S/C36H28FNO6/c1-42-23-12-8-20(9-13-23)33(39)32-31(27-15-14-24(43-2)19-29(27)44-3)36(34(40)25-6-4-5-7-26(25)35(36)41)30-17-10-21-18-22(37)11-16-28(21)38(30)32/h4-19,30-32H,1-3H3/t30-,31-,32+/m0/s1. The first-order valence-electron chi connectivity index (χ1n) is 14.2. The average Bonchev–Trinajstić information content (AvgIpc) is 3.49. The van der Waals surface area contributed by atoms with Crippen LogP contribution in [-0.2, 0) is 0 Å². The first-order chi connectivity index (χ1) is 21.3. The number of nitrogens with zero attached hydrogens (tertiary/aromatic N) is 1. The second kappa shape index (κ2) is 10.2. The van der Waals surface area contributed by atoms with Crippen LogP contribution in [0.15, 0.2) is 91.0 Å². The number of methoxy groups -OCH3 is 3. The molecule has 0 unspecified atom stereocenters. The van der Waals surface area contributed by atoms with Crippen molar-refractivity contribution >= 4 is 29.1 Å². The lowest BCUT2D eigenvalue weighted by atomic mass is 9.64. The molecular weight excluding hydrogens is 561 g/mol. The van der Waals surface area contributed by atoms with Crippen molar-refractivity contribution < 1.29 is 33.0 Å². The molecule has 8 heteroatoms. The van der Waals surface area contributed by atoms with Gasteiger partial charge in [0.2, 0.25) is 0 Å². The first kappa shape index (κ1) is 27.6. The van der Waals surface area contributed by atoms with Crippen LogP contribution in [0, 0.1) is 11.2 Å². The van der Waals surface area contributed by atoms with Crippen molar-refractivity contribution in [3.8, 4) is 17.2 Å². The molecule has 3 aliphatic rings. The van der Waals surface area contributed by atoms with Crippen LogP contribution in [0.4, 0.5) is 10.1 Å². The number of ether oxygens (including phenoxy) is 3. The molecule has 0 amide bonds. The molecule has 1 spiro atoms. The van der Waals surface area contributed by atoms with E-state index in [0.29, 0.717) is 50.8 Å². The van der Waals surface area contributed by atoms with Crippen LogP contribution in [0.2, 0.25) is 0 Å². The first-order valence-corrected chi connectivity index (χ1v) is 14.2. The van der Waals surface area contributed by atoms with Crippen molar-refractivity contribution in [3.63, 3.8) is 0 Å². The molecule has 7 rings (SSSR count). The lowest BCUT2D eigenvalue weighted by molar-refractivity contribution is 0.0664. The second-order valence-electron chi connectivity index (χ2n) is 11.1. The number of anilines is 1. The fourth-order valence-corrected chi connectivity index (χ4v) is 7.29. The summed E-state index contributed by atoms with van der Waals surface area (Å²) >= 11 is 0. The average molecular weight is 590 g/mol. The summed E-state index contributed by atoms with van der Waals surface area (Å²) in [5.74, 6) is -0.993. The number of Topliss-reactive ketones (excluding diaryl/α,β-unsaturated/α-hetero) is 3. The Hall–Kier alpha value is -5.24. The lowest BCUT2D eigenvalue weighted by Crippen LogP contribution is -2.48. The van der Waals surface area contributed by atoms with Crippen LogP contribution in [0.3, 0.4) is 0 Å². The summed E-state index contributed by atoms with van der Waals surface area (Å²) in [5, 5.41) is 0. The topological polar surface area (TPSA) is 82.1 Å². The zero-order chi connectivity index (χ0) is 30.7. The summed E-state index contributed by atoms with van der Waals surface area (Å²) in [6, 6.07) is 21.1. The van der Waals surface area contributed by atoms with E-state index in [1.807, 2.05) is 4.90 Å². The van der Waals surface area contributed by atoms with Crippen molar-refractivity contribution in [1.82, 2.24) is 0 Å². The SMILES string of the molecule is COc1ccc(C(=O)[C@H]2[C@H](c3ccc(OC)cc3OC)C3(C(=O)c4ccccc4C3=O)[C@@H]3C=Cc4cc(F)ccc4N32)cc1. The number of hydrogen-bond donors (Lipinski definition) is 0. The lowest BCUT2D eigenvalue weighted by Gasteiger charge is -2.37. The molecule has 0 aromatic heterocycles. The quantitative estimate of drug-likeness (QED) is 0.197. The molecule has 4 aromatic rings. The summed E-state index contributed by atoms with van der Waals surface area (Å²) < 4.78 is 31.1. The number of halogens is 1. The summed E-state index contributed by atoms with van der Waals surface area (Å²) in [6.45, 7) is 0. The third-order valence-corrected chi connectivity index (χ3v) is 9.18. The maximum atomic E-state index is 14.8. The molecule has 4 aromatic carbocycles. The minimum absolute atomic E-state index is 0.306. The molecule has 0 saturated carbocycles. The van der Waals surface area contributed by atoms with E-state index in [2.05, 4.69) is 0 Å². The fraction of sp³-hybridized carbons (Fsp3) is 0.194. The van der Waals surface area contributed by atoms with Gasteiger partial charge in [-0.25, -0.2) is 4.39 Å². The minimum Gasteiger partial charge on any atom is -0.497 e. The molecule has 3 atom stereocenters. The summed E-state index contributed by atoms with van der Waals surface area (Å²) in [7, 11) is 4.57. The number of carbonyl (C=O) groups excluding carboxylic acids is 3. The Balaban J connectivity index is 1.55. The summed E-state index contributed by atoms with van der Waals surface area (Å²) in [6.07, 6.45) is 3.49. The zero-order valence-corrected chi connectivity index (χ0v) is 24.2. The van der Waals surface area contributed by atoms with Crippen molar-refractivity contribution in [2.75, 3.05) is 26.2 Å². The zero-order valence-electron chi connectivity index (χ0n) is 24.2. The second-order valence-corrected chi connectivity index (χ2v) is 11.1. The predicted molar refractivity (Wildman–Crippen MR) is 163 cm³/mol. The summed E-state index contributed by atoms with van der Waals surface area (Å²) in [5.41, 5.74) is 0.884. The Morgan fingerprint density at radius 3 is 2.09 bits per heavy atom. The maximum Gasteiger partial charge on any atom is 0.185 e. The van der Waals surface area contributed by atoms with E-state index in [4.69, 9.17) is 14.2 Å². The van der Waals surface area contributed by atoms with E-state index in [0.717, 1.165) is 0 Å². The third-order valence-electron chi connectivity index (χ3n) is 9.18. The van der Waals surface area contributed by atoms with Gasteiger partial charge in [0, 0.05) is 45.5 Å². The number of hydrogen-bond acceptors (Lipinski definition) is 7. The van der Waals surface area contributed by atoms with Crippen molar-refractivity contribution in [2.45, 2.75) is 18.0 Å². The predicted octanol–water partition coefficient (Wildman–Crippen LogP) is 6.17. The van der Waals surface area contributed by atoms with E-state index >= 15 is 0 Å². The van der Waals surface area contributed by atoms with Gasteiger partial charge in [0.05, 0.1) is 27.4 Å². The van der Waals surface area contributed by atoms with Crippen LogP contribution < -0.4 is 19.1 Å². The van der Waals surface area contributed by atoms with E-state index in [1.54, 1.807) is 92.1 Å². The highest BCUT2D eigenvalue weighted by atomic mass is 19.1. The van der Waals surface area contributed by atoms with Crippen LogP contribution >= 0.6 is 0 Å². The van der Waals surface area contributed by atoms with Gasteiger partial charge in [-0.15, -0.1) is 0 Å². The summed E-state index contributed by atoms with van der Waals surface area (Å²) in [4.78, 5) is 46.3. The van der Waals surface area contributed by atoms with Gasteiger partial charge >= 0.3 is 0 Å². The van der Waals surface area contributed by atoms with Crippen molar-refractivity contribution in [3.05, 3.63) is 125 Å². The van der Waals surface area contributed by atoms with Crippen LogP contribution in [-0.4, -0.2) is 50.8 Å². The Kier molecular flexibility index (Phi) is 6.39. The molecule has 1 aliphatic carbocycles. The number of ketones is 3. The highest BCUT2D eigenvalue weighted by molar-refractivity contribution is 6.32. The molecule has 1 fully saturated rings. The number of benzene rings is 4. The highest BCUT2D eigenvalue weighted by Gasteiger charge is 2.72. The van der Waals surface area contributed by atoms with E-state index in [1.165, 1.54) is 26.4 Å². The normalized spacial score (nSPS) is 20.7. The Morgan fingerprint density at radius 1 is 0.795 bits per heavy atom. The monoisotopic (exact) mass is 589 g/mol. The van der Waals surface area contributed by atoms with Gasteiger partial charge in [-0.3, -0.25) is 14.4 Å². The smallest absolute Gasteiger partial charge is 0.185 e. The number of rotatable bonds is 6. The van der Waals surface area contributed by atoms with Crippen LogP contribution in [0.1, 0.15) is 48.1 Å². The molecule has 2 aliphatic heterocycles. The van der Waals surface area contributed by atoms with Gasteiger partial charge in [-0.1, -0.05) is 42.5 Å². The molecule has 7 nitrogen and oxygen atoms in total. The van der Waals surface area contributed by atoms with Crippen LogP contribution in [0.5, 0.6) is 17.2 Å². The van der Waals surface area contributed by atoms with E-state index < -0.39 is 29.2 Å². The highest BCUT2D eigenvalue weighted by Crippen LogP contribution is 2.62. The fourth-order valence-electron chi connectivity index (χ4n) is 7.29.